The number of aromatic nitrogens is 3. The summed E-state index contributed by atoms with van der Waals surface area (Å²) in [5.74, 6) is 0.603. The Bertz CT molecular complexity index is 537. The van der Waals surface area contributed by atoms with Crippen LogP contribution in [0.25, 0.3) is 0 Å². The average molecular weight is 268 g/mol. The number of anilines is 1. The largest absolute Gasteiger partial charge is 0.465 e. The van der Waals surface area contributed by atoms with Crippen LogP contribution in [0.1, 0.15) is 17.7 Å². The van der Waals surface area contributed by atoms with Gasteiger partial charge >= 0.3 is 0 Å². The highest BCUT2D eigenvalue weighted by Gasteiger charge is 2.09. The fourth-order valence-electron chi connectivity index (χ4n) is 1.15. The molecule has 0 saturated heterocycles. The standard InChI is InChI=1S/C10H12N4O3S/c1-3-9-12-13-10(18-9)11-7(15)5-16-8-4-6(2)17-14-8/h4H,3,5H2,1-2H3,(H,11,13,15). The molecule has 0 aliphatic heterocycles. The molecule has 0 fully saturated rings. The molecular weight excluding hydrogens is 256 g/mol. The number of carbonyl (C=O) groups is 1. The van der Waals surface area contributed by atoms with Crippen molar-refractivity contribution in [3.63, 3.8) is 0 Å². The van der Waals surface area contributed by atoms with Gasteiger partial charge in [0.1, 0.15) is 10.8 Å². The molecule has 1 amide bonds. The van der Waals surface area contributed by atoms with Gasteiger partial charge in [0, 0.05) is 6.07 Å². The summed E-state index contributed by atoms with van der Waals surface area (Å²) in [4.78, 5) is 11.5. The minimum atomic E-state index is -0.311. The third kappa shape index (κ3) is 3.27. The lowest BCUT2D eigenvalue weighted by molar-refractivity contribution is -0.118. The van der Waals surface area contributed by atoms with Crippen molar-refractivity contribution in [3.05, 3.63) is 16.8 Å². The summed E-state index contributed by atoms with van der Waals surface area (Å²) in [7, 11) is 0. The monoisotopic (exact) mass is 268 g/mol. The van der Waals surface area contributed by atoms with E-state index in [0.717, 1.165) is 11.4 Å². The topological polar surface area (TPSA) is 90.1 Å². The number of hydrogen-bond donors (Lipinski definition) is 1. The van der Waals surface area contributed by atoms with Gasteiger partial charge in [-0.15, -0.1) is 10.2 Å². The van der Waals surface area contributed by atoms with Crippen LogP contribution >= 0.6 is 11.3 Å². The van der Waals surface area contributed by atoms with Crippen molar-refractivity contribution in [1.29, 1.82) is 0 Å². The first-order valence-corrected chi connectivity index (χ1v) is 6.17. The van der Waals surface area contributed by atoms with E-state index in [2.05, 4.69) is 20.7 Å². The second kappa shape index (κ2) is 5.58. The quantitative estimate of drug-likeness (QED) is 0.881. The fraction of sp³-hybridized carbons (Fsp3) is 0.400. The maximum Gasteiger partial charge on any atom is 0.264 e. The molecule has 8 heteroatoms. The number of nitrogens with zero attached hydrogens (tertiary/aromatic N) is 3. The van der Waals surface area contributed by atoms with Crippen molar-refractivity contribution < 1.29 is 14.1 Å². The number of ether oxygens (including phenoxy) is 1. The van der Waals surface area contributed by atoms with Gasteiger partial charge in [-0.2, -0.15) is 0 Å². The van der Waals surface area contributed by atoms with Crippen LogP contribution in [0.5, 0.6) is 5.88 Å². The van der Waals surface area contributed by atoms with Crippen molar-refractivity contribution in [2.24, 2.45) is 0 Å². The normalized spacial score (nSPS) is 10.3. The lowest BCUT2D eigenvalue weighted by Crippen LogP contribution is -2.20. The smallest absolute Gasteiger partial charge is 0.264 e. The molecule has 96 valence electrons. The van der Waals surface area contributed by atoms with Gasteiger partial charge in [-0.05, 0) is 18.5 Å². The molecule has 0 bridgehead atoms. The summed E-state index contributed by atoms with van der Waals surface area (Å²) in [5, 5.41) is 15.3. The lowest BCUT2D eigenvalue weighted by atomic mass is 10.5. The predicted molar refractivity (Wildman–Crippen MR) is 64.7 cm³/mol. The zero-order chi connectivity index (χ0) is 13.0. The zero-order valence-electron chi connectivity index (χ0n) is 9.97. The SMILES string of the molecule is CCc1nnc(NC(=O)COc2cc(C)on2)s1. The van der Waals surface area contributed by atoms with Gasteiger partial charge < -0.3 is 9.26 Å². The molecule has 2 aromatic rings. The predicted octanol–water partition coefficient (Wildman–Crippen LogP) is 1.41. The molecule has 0 aliphatic rings. The van der Waals surface area contributed by atoms with Crippen LogP contribution in [0.2, 0.25) is 0 Å². The number of aryl methyl sites for hydroxylation is 2. The van der Waals surface area contributed by atoms with Crippen LogP contribution in [0, 0.1) is 6.92 Å². The van der Waals surface area contributed by atoms with Gasteiger partial charge in [0.2, 0.25) is 5.13 Å². The van der Waals surface area contributed by atoms with E-state index in [0.29, 0.717) is 10.9 Å². The van der Waals surface area contributed by atoms with Crippen molar-refractivity contribution in [1.82, 2.24) is 15.4 Å². The molecule has 0 spiro atoms. The lowest BCUT2D eigenvalue weighted by Gasteiger charge is -2.00. The first-order valence-electron chi connectivity index (χ1n) is 5.35. The zero-order valence-corrected chi connectivity index (χ0v) is 10.8. The van der Waals surface area contributed by atoms with Crippen molar-refractivity contribution in [2.45, 2.75) is 20.3 Å². The van der Waals surface area contributed by atoms with Gasteiger partial charge in [-0.1, -0.05) is 18.3 Å². The second-order valence-corrected chi connectivity index (χ2v) is 4.53. The summed E-state index contributed by atoms with van der Waals surface area (Å²) >= 11 is 1.34. The van der Waals surface area contributed by atoms with Crippen LogP contribution in [-0.2, 0) is 11.2 Å². The van der Waals surface area contributed by atoms with Crippen molar-refractivity contribution in [3.8, 4) is 5.88 Å². The maximum atomic E-state index is 11.5. The number of rotatable bonds is 5. The minimum absolute atomic E-state index is 0.146. The summed E-state index contributed by atoms with van der Waals surface area (Å²) in [6, 6.07) is 1.60. The Morgan fingerprint density at radius 2 is 2.39 bits per heavy atom. The Balaban J connectivity index is 1.81. The van der Waals surface area contributed by atoms with Gasteiger partial charge in [0.05, 0.1) is 0 Å². The Morgan fingerprint density at radius 3 is 3.00 bits per heavy atom. The maximum absolute atomic E-state index is 11.5. The highest BCUT2D eigenvalue weighted by molar-refractivity contribution is 7.15. The average Bonchev–Trinajstić information content (AvgIpc) is 2.95. The Labute approximate surface area is 107 Å². The first kappa shape index (κ1) is 12.5. The van der Waals surface area contributed by atoms with E-state index in [9.17, 15) is 4.79 Å². The van der Waals surface area contributed by atoms with E-state index < -0.39 is 0 Å². The third-order valence-corrected chi connectivity index (χ3v) is 2.96. The highest BCUT2D eigenvalue weighted by Crippen LogP contribution is 2.15. The fourth-order valence-corrected chi connectivity index (χ4v) is 1.85. The van der Waals surface area contributed by atoms with E-state index >= 15 is 0 Å². The van der Waals surface area contributed by atoms with E-state index in [1.807, 2.05) is 6.92 Å². The number of carbonyl (C=O) groups excluding carboxylic acids is 1. The molecule has 2 rings (SSSR count). The summed E-state index contributed by atoms with van der Waals surface area (Å²) in [5.41, 5.74) is 0. The van der Waals surface area contributed by atoms with E-state index in [1.54, 1.807) is 13.0 Å². The van der Waals surface area contributed by atoms with Crippen molar-refractivity contribution >= 4 is 22.4 Å². The molecule has 0 unspecified atom stereocenters. The summed E-state index contributed by atoms with van der Waals surface area (Å²) in [6.45, 7) is 3.57. The molecule has 2 heterocycles. The minimum Gasteiger partial charge on any atom is -0.465 e. The van der Waals surface area contributed by atoms with Crippen LogP contribution < -0.4 is 10.1 Å². The Hall–Kier alpha value is -1.96. The molecule has 0 aromatic carbocycles. The molecule has 0 saturated carbocycles. The molecule has 18 heavy (non-hydrogen) atoms. The van der Waals surface area contributed by atoms with E-state index in [1.165, 1.54) is 11.3 Å². The van der Waals surface area contributed by atoms with Gasteiger partial charge in [-0.3, -0.25) is 10.1 Å². The number of nitrogens with one attached hydrogen (secondary N) is 1. The van der Waals surface area contributed by atoms with E-state index in [-0.39, 0.29) is 18.4 Å². The molecule has 1 N–H and O–H groups in total. The number of hydrogen-bond acceptors (Lipinski definition) is 7. The summed E-state index contributed by atoms with van der Waals surface area (Å²) < 4.78 is 9.94. The van der Waals surface area contributed by atoms with Gasteiger partial charge in [-0.25, -0.2) is 0 Å². The van der Waals surface area contributed by atoms with Gasteiger partial charge in [0.15, 0.2) is 6.61 Å². The molecule has 0 aliphatic carbocycles. The highest BCUT2D eigenvalue weighted by atomic mass is 32.1. The summed E-state index contributed by atoms with van der Waals surface area (Å²) in [6.07, 6.45) is 0.794. The molecule has 0 radical (unpaired) electrons. The van der Waals surface area contributed by atoms with Crippen LogP contribution in [-0.4, -0.2) is 27.9 Å². The number of amides is 1. The molecule has 2 aromatic heterocycles. The van der Waals surface area contributed by atoms with Crippen molar-refractivity contribution in [2.75, 3.05) is 11.9 Å². The van der Waals surface area contributed by atoms with Crippen LogP contribution in [0.4, 0.5) is 5.13 Å². The molecule has 7 nitrogen and oxygen atoms in total. The molecule has 0 atom stereocenters. The van der Waals surface area contributed by atoms with Gasteiger partial charge in [0.25, 0.3) is 11.8 Å². The Kier molecular flexibility index (Phi) is 3.88. The Morgan fingerprint density at radius 1 is 1.56 bits per heavy atom. The molecular formula is C10H12N4O3S. The van der Waals surface area contributed by atoms with Crippen LogP contribution in [0.3, 0.4) is 0 Å². The third-order valence-electron chi connectivity index (χ3n) is 1.97. The first-order chi connectivity index (χ1) is 8.67. The van der Waals surface area contributed by atoms with E-state index in [4.69, 9.17) is 9.26 Å². The van der Waals surface area contributed by atoms with Crippen LogP contribution in [0.15, 0.2) is 10.6 Å². The second-order valence-electron chi connectivity index (χ2n) is 3.47.